The Morgan fingerprint density at radius 2 is 2.07 bits per heavy atom. The molecule has 0 aliphatic rings. The lowest BCUT2D eigenvalue weighted by molar-refractivity contribution is -0.115. The van der Waals surface area contributed by atoms with Crippen molar-refractivity contribution in [2.24, 2.45) is 0 Å². The molecule has 0 atom stereocenters. The highest BCUT2D eigenvalue weighted by atomic mass is 16.1. The number of anilines is 1. The average Bonchev–Trinajstić information content (AvgIpc) is 3.37. The van der Waals surface area contributed by atoms with Crippen LogP contribution >= 0.6 is 0 Å². The number of H-pyrrole nitrogens is 2. The molecule has 5 aromatic heterocycles. The monoisotopic (exact) mass is 383 g/mol. The van der Waals surface area contributed by atoms with E-state index in [0.717, 1.165) is 44.6 Å². The van der Waals surface area contributed by atoms with Gasteiger partial charge in [0.05, 0.1) is 35.0 Å². The van der Waals surface area contributed by atoms with Gasteiger partial charge in [0.2, 0.25) is 5.91 Å². The lowest BCUT2D eigenvalue weighted by Gasteiger charge is -2.06. The topological polar surface area (TPSA) is 112 Å². The van der Waals surface area contributed by atoms with Gasteiger partial charge in [0.15, 0.2) is 0 Å². The van der Waals surface area contributed by atoms with Gasteiger partial charge in [0.1, 0.15) is 11.3 Å². The molecule has 0 spiro atoms. The summed E-state index contributed by atoms with van der Waals surface area (Å²) in [5.41, 5.74) is 5.52. The highest BCUT2D eigenvalue weighted by Crippen LogP contribution is 2.30. The summed E-state index contributed by atoms with van der Waals surface area (Å²) in [5.74, 6) is -0.0584. The maximum absolute atomic E-state index is 11.7. The largest absolute Gasteiger partial charge is 0.338 e. The molecule has 0 aromatic carbocycles. The summed E-state index contributed by atoms with van der Waals surface area (Å²) in [6.07, 6.45) is 7.26. The van der Waals surface area contributed by atoms with Gasteiger partial charge in [-0.1, -0.05) is 6.92 Å². The number of carbonyl (C=O) groups is 1. The smallest absolute Gasteiger partial charge is 0.224 e. The van der Waals surface area contributed by atoms with Gasteiger partial charge in [-0.3, -0.25) is 19.9 Å². The molecule has 0 saturated carbocycles. The van der Waals surface area contributed by atoms with Crippen LogP contribution in [0.3, 0.4) is 0 Å². The molecule has 8 nitrogen and oxygen atoms in total. The average molecular weight is 383 g/mol. The van der Waals surface area contributed by atoms with Crippen molar-refractivity contribution in [1.82, 2.24) is 30.1 Å². The summed E-state index contributed by atoms with van der Waals surface area (Å²) in [6.45, 7) is 1.81. The summed E-state index contributed by atoms with van der Waals surface area (Å²) < 4.78 is 0. The third-order valence-electron chi connectivity index (χ3n) is 4.73. The number of aromatic nitrogens is 6. The molecule has 3 N–H and O–H groups in total. The van der Waals surface area contributed by atoms with Crippen LogP contribution in [0.5, 0.6) is 0 Å². The minimum atomic E-state index is -0.0584. The summed E-state index contributed by atoms with van der Waals surface area (Å²) >= 11 is 0. The van der Waals surface area contributed by atoms with Crippen LogP contribution in [0, 0.1) is 0 Å². The Kier molecular flexibility index (Phi) is 4.02. The van der Waals surface area contributed by atoms with Crippen LogP contribution < -0.4 is 5.32 Å². The van der Waals surface area contributed by atoms with E-state index < -0.39 is 0 Å². The zero-order valence-electron chi connectivity index (χ0n) is 15.6. The molecule has 0 fully saturated rings. The number of pyridine rings is 3. The Labute approximate surface area is 165 Å². The maximum Gasteiger partial charge on any atom is 0.224 e. The molecule has 1 amide bonds. The van der Waals surface area contributed by atoms with E-state index >= 15 is 0 Å². The normalized spacial score (nSPS) is 11.2. The number of nitrogens with one attached hydrogen (secondary N) is 3. The number of hydrogen-bond donors (Lipinski definition) is 3. The lowest BCUT2D eigenvalue weighted by atomic mass is 10.1. The first-order valence-electron chi connectivity index (χ1n) is 9.25. The van der Waals surface area contributed by atoms with Crippen LogP contribution in [-0.2, 0) is 4.79 Å². The number of aromatic amines is 2. The van der Waals surface area contributed by atoms with Crippen LogP contribution in [0.4, 0.5) is 5.69 Å². The Bertz CT molecular complexity index is 1320. The SMILES string of the molecule is CCC(=O)Nc1cncc(-c2cc3c(-c4cc5cccnc5[nH]4)n[nH]c3cn2)c1. The standard InChI is InChI=1S/C21H17N7O/c1-2-19(29)25-14-6-13(9-22-10-14)16-8-15-18(11-24-16)27-28-20(15)17-7-12-4-3-5-23-21(12)26-17/h3-11H,2H2,1H3,(H,23,26)(H,25,29)(H,27,28). The van der Waals surface area contributed by atoms with Crippen LogP contribution in [0.1, 0.15) is 13.3 Å². The first kappa shape index (κ1) is 17.1. The van der Waals surface area contributed by atoms with E-state index in [-0.39, 0.29) is 5.91 Å². The molecule has 5 rings (SSSR count). The van der Waals surface area contributed by atoms with Crippen molar-refractivity contribution in [1.29, 1.82) is 0 Å². The molecule has 0 unspecified atom stereocenters. The number of rotatable bonds is 4. The van der Waals surface area contributed by atoms with E-state index in [9.17, 15) is 4.79 Å². The van der Waals surface area contributed by atoms with Gasteiger partial charge < -0.3 is 10.3 Å². The lowest BCUT2D eigenvalue weighted by Crippen LogP contribution is -2.09. The van der Waals surface area contributed by atoms with Gasteiger partial charge in [-0.2, -0.15) is 5.10 Å². The molecule has 8 heteroatoms. The second-order valence-electron chi connectivity index (χ2n) is 6.68. The number of carbonyl (C=O) groups excluding carboxylic acids is 1. The Balaban J connectivity index is 1.58. The molecule has 0 radical (unpaired) electrons. The molecule has 29 heavy (non-hydrogen) atoms. The Morgan fingerprint density at radius 1 is 1.14 bits per heavy atom. The first-order valence-corrected chi connectivity index (χ1v) is 9.25. The highest BCUT2D eigenvalue weighted by Gasteiger charge is 2.13. The number of nitrogens with zero attached hydrogens (tertiary/aromatic N) is 4. The van der Waals surface area contributed by atoms with Crippen molar-refractivity contribution in [3.8, 4) is 22.6 Å². The van der Waals surface area contributed by atoms with Crippen molar-refractivity contribution in [2.45, 2.75) is 13.3 Å². The predicted octanol–water partition coefficient (Wildman–Crippen LogP) is 3.91. The van der Waals surface area contributed by atoms with Crippen molar-refractivity contribution >= 4 is 33.5 Å². The van der Waals surface area contributed by atoms with E-state index in [4.69, 9.17) is 0 Å². The molecule has 142 valence electrons. The van der Waals surface area contributed by atoms with Crippen LogP contribution in [0.2, 0.25) is 0 Å². The molecular formula is C21H17N7O. The molecule has 0 bridgehead atoms. The van der Waals surface area contributed by atoms with Gasteiger partial charge in [0, 0.05) is 35.2 Å². The van der Waals surface area contributed by atoms with Crippen molar-refractivity contribution in [2.75, 3.05) is 5.32 Å². The van der Waals surface area contributed by atoms with Crippen molar-refractivity contribution < 1.29 is 4.79 Å². The summed E-state index contributed by atoms with van der Waals surface area (Å²) in [5, 5.41) is 12.3. The third kappa shape index (κ3) is 3.10. The van der Waals surface area contributed by atoms with Gasteiger partial charge in [-0.05, 0) is 30.3 Å². The van der Waals surface area contributed by atoms with Gasteiger partial charge in [0.25, 0.3) is 0 Å². The minimum Gasteiger partial charge on any atom is -0.338 e. The second-order valence-corrected chi connectivity index (χ2v) is 6.68. The molecule has 0 saturated heterocycles. The van der Waals surface area contributed by atoms with E-state index in [2.05, 4.69) is 35.5 Å². The third-order valence-corrected chi connectivity index (χ3v) is 4.73. The van der Waals surface area contributed by atoms with Crippen LogP contribution in [0.25, 0.3) is 44.6 Å². The van der Waals surface area contributed by atoms with E-state index in [1.807, 2.05) is 37.3 Å². The van der Waals surface area contributed by atoms with Crippen molar-refractivity contribution in [3.05, 3.63) is 55.1 Å². The highest BCUT2D eigenvalue weighted by molar-refractivity contribution is 5.96. The number of fused-ring (bicyclic) bond motifs is 2. The summed E-state index contributed by atoms with van der Waals surface area (Å²) in [4.78, 5) is 28.1. The van der Waals surface area contributed by atoms with Crippen molar-refractivity contribution in [3.63, 3.8) is 0 Å². The molecule has 5 heterocycles. The number of hydrogen-bond acceptors (Lipinski definition) is 5. The first-order chi connectivity index (χ1) is 14.2. The fourth-order valence-corrected chi connectivity index (χ4v) is 3.26. The zero-order chi connectivity index (χ0) is 19.8. The van der Waals surface area contributed by atoms with E-state index in [0.29, 0.717) is 12.1 Å². The fourth-order valence-electron chi connectivity index (χ4n) is 3.26. The Morgan fingerprint density at radius 3 is 2.93 bits per heavy atom. The zero-order valence-corrected chi connectivity index (χ0v) is 15.6. The Hall–Kier alpha value is -4.07. The van der Waals surface area contributed by atoms with Gasteiger partial charge in [-0.25, -0.2) is 4.98 Å². The van der Waals surface area contributed by atoms with Gasteiger partial charge in [-0.15, -0.1) is 0 Å². The maximum atomic E-state index is 11.7. The summed E-state index contributed by atoms with van der Waals surface area (Å²) in [6, 6.07) is 9.77. The fraction of sp³-hybridized carbons (Fsp3) is 0.0952. The number of amides is 1. The molecule has 0 aliphatic carbocycles. The van der Waals surface area contributed by atoms with Crippen LogP contribution in [-0.4, -0.2) is 36.0 Å². The summed E-state index contributed by atoms with van der Waals surface area (Å²) in [7, 11) is 0. The minimum absolute atomic E-state index is 0.0584. The predicted molar refractivity (Wildman–Crippen MR) is 111 cm³/mol. The molecular weight excluding hydrogens is 366 g/mol. The van der Waals surface area contributed by atoms with Gasteiger partial charge >= 0.3 is 0 Å². The second kappa shape index (κ2) is 6.83. The van der Waals surface area contributed by atoms with E-state index in [1.54, 1.807) is 24.8 Å². The van der Waals surface area contributed by atoms with Crippen LogP contribution in [0.15, 0.2) is 55.1 Å². The van der Waals surface area contributed by atoms with E-state index in [1.165, 1.54) is 0 Å². The molecule has 5 aromatic rings. The quantitative estimate of drug-likeness (QED) is 0.435. The molecule has 0 aliphatic heterocycles.